The van der Waals surface area contributed by atoms with Crippen LogP contribution in [0.15, 0.2) is 47.5 Å². The molecular weight excluding hydrogens is 485 g/mol. The van der Waals surface area contributed by atoms with Crippen molar-refractivity contribution < 1.29 is 9.47 Å². The molecule has 2 N–H and O–H groups in total. The number of fused-ring (bicyclic) bond motifs is 1. The summed E-state index contributed by atoms with van der Waals surface area (Å²) in [6.45, 7) is 3.76. The summed E-state index contributed by atoms with van der Waals surface area (Å²) in [7, 11) is 3.48. The zero-order valence-corrected chi connectivity index (χ0v) is 19.9. The molecule has 0 saturated carbocycles. The van der Waals surface area contributed by atoms with E-state index in [4.69, 9.17) is 9.47 Å². The molecule has 0 saturated heterocycles. The summed E-state index contributed by atoms with van der Waals surface area (Å²) in [5.74, 6) is 2.90. The van der Waals surface area contributed by atoms with Crippen molar-refractivity contribution in [2.24, 2.45) is 4.99 Å². The number of benzene rings is 2. The fraction of sp³-hybridized carbons (Fsp3) is 0.476. The number of nitrogens with zero attached hydrogens (tertiary/aromatic N) is 1. The Labute approximate surface area is 190 Å². The number of halogens is 1. The molecule has 7 heteroatoms. The molecule has 2 aromatic carbocycles. The SMILES string of the molecule is CN=C(NCCCOCCOC)NCCSCc1cccc2ccccc12.I. The molecule has 2 rings (SSSR count). The third kappa shape index (κ3) is 9.45. The number of methoxy groups -OCH3 is 1. The van der Waals surface area contributed by atoms with Crippen molar-refractivity contribution in [2.45, 2.75) is 12.2 Å². The van der Waals surface area contributed by atoms with Crippen molar-refractivity contribution in [2.75, 3.05) is 52.8 Å². The first kappa shape index (κ1) is 25.0. The van der Waals surface area contributed by atoms with Crippen LogP contribution in [0, 0.1) is 0 Å². The topological polar surface area (TPSA) is 54.9 Å². The fourth-order valence-corrected chi connectivity index (χ4v) is 3.55. The van der Waals surface area contributed by atoms with Gasteiger partial charge in [-0.25, -0.2) is 0 Å². The lowest BCUT2D eigenvalue weighted by atomic mass is 10.1. The molecular formula is C21H32IN3O2S. The second kappa shape index (κ2) is 15.8. The maximum atomic E-state index is 5.45. The predicted octanol–water partition coefficient (Wildman–Crippen LogP) is 3.91. The van der Waals surface area contributed by atoms with E-state index >= 15 is 0 Å². The number of aliphatic imine (C=N–C) groups is 1. The highest BCUT2D eigenvalue weighted by molar-refractivity contribution is 14.0. The molecule has 0 heterocycles. The number of thioether (sulfide) groups is 1. The Balaban J connectivity index is 0.00000392. The summed E-state index contributed by atoms with van der Waals surface area (Å²) in [6, 6.07) is 15.1. The minimum absolute atomic E-state index is 0. The first-order valence-corrected chi connectivity index (χ1v) is 10.6. The van der Waals surface area contributed by atoms with Crippen molar-refractivity contribution in [3.63, 3.8) is 0 Å². The highest BCUT2D eigenvalue weighted by Crippen LogP contribution is 2.22. The number of guanidine groups is 1. The lowest BCUT2D eigenvalue weighted by molar-refractivity contribution is 0.0698. The van der Waals surface area contributed by atoms with E-state index in [1.165, 1.54) is 16.3 Å². The monoisotopic (exact) mass is 517 g/mol. The molecule has 0 unspecified atom stereocenters. The molecule has 0 radical (unpaired) electrons. The van der Waals surface area contributed by atoms with Crippen molar-refractivity contribution in [3.8, 4) is 0 Å². The van der Waals surface area contributed by atoms with Crippen molar-refractivity contribution >= 4 is 52.5 Å². The Morgan fingerprint density at radius 2 is 1.79 bits per heavy atom. The highest BCUT2D eigenvalue weighted by atomic mass is 127. The Morgan fingerprint density at radius 1 is 1.00 bits per heavy atom. The van der Waals surface area contributed by atoms with Gasteiger partial charge in [0.15, 0.2) is 5.96 Å². The molecule has 0 aliphatic carbocycles. The van der Waals surface area contributed by atoms with Gasteiger partial charge in [0.2, 0.25) is 0 Å². The van der Waals surface area contributed by atoms with E-state index in [1.807, 2.05) is 11.8 Å². The molecule has 0 bridgehead atoms. The van der Waals surface area contributed by atoms with E-state index in [9.17, 15) is 0 Å². The van der Waals surface area contributed by atoms with Crippen LogP contribution in [0.1, 0.15) is 12.0 Å². The Hall–Kier alpha value is -1.03. The number of hydrogen-bond acceptors (Lipinski definition) is 4. The quantitative estimate of drug-likeness (QED) is 0.194. The number of nitrogens with one attached hydrogen (secondary N) is 2. The Bertz CT molecular complexity index is 695. The number of rotatable bonds is 12. The normalized spacial score (nSPS) is 11.3. The summed E-state index contributed by atoms with van der Waals surface area (Å²) in [5, 5.41) is 9.33. The van der Waals surface area contributed by atoms with Crippen LogP contribution in [0.4, 0.5) is 0 Å². The van der Waals surface area contributed by atoms with E-state index in [0.717, 1.165) is 43.6 Å². The minimum atomic E-state index is 0. The van der Waals surface area contributed by atoms with Gasteiger partial charge < -0.3 is 20.1 Å². The molecule has 2 aromatic rings. The maximum Gasteiger partial charge on any atom is 0.191 e. The second-order valence-corrected chi connectivity index (χ2v) is 7.18. The number of hydrogen-bond donors (Lipinski definition) is 2. The smallest absolute Gasteiger partial charge is 0.191 e. The Morgan fingerprint density at radius 3 is 2.61 bits per heavy atom. The van der Waals surface area contributed by atoms with E-state index in [2.05, 4.69) is 58.1 Å². The zero-order chi connectivity index (χ0) is 19.2. The molecule has 0 aromatic heterocycles. The first-order chi connectivity index (χ1) is 13.3. The van der Waals surface area contributed by atoms with Crippen LogP contribution in [-0.2, 0) is 15.2 Å². The lowest BCUT2D eigenvalue weighted by Crippen LogP contribution is -2.39. The molecule has 28 heavy (non-hydrogen) atoms. The third-order valence-electron chi connectivity index (χ3n) is 4.09. The van der Waals surface area contributed by atoms with Gasteiger partial charge in [-0.3, -0.25) is 4.99 Å². The molecule has 0 aliphatic rings. The van der Waals surface area contributed by atoms with Gasteiger partial charge in [0, 0.05) is 45.4 Å². The van der Waals surface area contributed by atoms with Gasteiger partial charge in [0.1, 0.15) is 0 Å². The molecule has 156 valence electrons. The average molecular weight is 517 g/mol. The number of ether oxygens (including phenoxy) is 2. The average Bonchev–Trinajstić information content (AvgIpc) is 2.71. The van der Waals surface area contributed by atoms with Gasteiger partial charge >= 0.3 is 0 Å². The predicted molar refractivity (Wildman–Crippen MR) is 132 cm³/mol. The summed E-state index contributed by atoms with van der Waals surface area (Å²) < 4.78 is 10.4. The summed E-state index contributed by atoms with van der Waals surface area (Å²) in [5.41, 5.74) is 1.40. The molecule has 0 spiro atoms. The lowest BCUT2D eigenvalue weighted by Gasteiger charge is -2.12. The Kier molecular flexibility index (Phi) is 14.1. The summed E-state index contributed by atoms with van der Waals surface area (Å²) >= 11 is 1.94. The van der Waals surface area contributed by atoms with Gasteiger partial charge in [-0.1, -0.05) is 42.5 Å². The van der Waals surface area contributed by atoms with Gasteiger partial charge in [-0.15, -0.1) is 24.0 Å². The van der Waals surface area contributed by atoms with Gasteiger partial charge in [0.25, 0.3) is 0 Å². The van der Waals surface area contributed by atoms with E-state index < -0.39 is 0 Å². The van der Waals surface area contributed by atoms with Crippen LogP contribution >= 0.6 is 35.7 Å². The molecule has 0 fully saturated rings. The highest BCUT2D eigenvalue weighted by Gasteiger charge is 2.01. The standard InChI is InChI=1S/C21H31N3O2S.HI/c1-22-21(23-11-6-13-26-15-14-25-2)24-12-16-27-17-19-9-5-8-18-7-3-4-10-20(18)19;/h3-5,7-10H,6,11-17H2,1-2H3,(H2,22,23,24);1H. The zero-order valence-electron chi connectivity index (χ0n) is 16.8. The van der Waals surface area contributed by atoms with Crippen molar-refractivity contribution in [1.82, 2.24) is 10.6 Å². The van der Waals surface area contributed by atoms with E-state index in [-0.39, 0.29) is 24.0 Å². The van der Waals surface area contributed by atoms with Crippen LogP contribution in [0.25, 0.3) is 10.8 Å². The van der Waals surface area contributed by atoms with Crippen LogP contribution in [0.3, 0.4) is 0 Å². The summed E-state index contributed by atoms with van der Waals surface area (Å²) in [4.78, 5) is 4.26. The van der Waals surface area contributed by atoms with Crippen LogP contribution in [0.2, 0.25) is 0 Å². The van der Waals surface area contributed by atoms with Crippen molar-refractivity contribution in [3.05, 3.63) is 48.0 Å². The van der Waals surface area contributed by atoms with Crippen LogP contribution in [-0.4, -0.2) is 58.8 Å². The second-order valence-electron chi connectivity index (χ2n) is 6.08. The largest absolute Gasteiger partial charge is 0.382 e. The molecule has 0 aliphatic heterocycles. The van der Waals surface area contributed by atoms with Crippen molar-refractivity contribution in [1.29, 1.82) is 0 Å². The third-order valence-corrected chi connectivity index (χ3v) is 5.10. The molecule has 0 amide bonds. The van der Waals surface area contributed by atoms with Crippen LogP contribution < -0.4 is 10.6 Å². The van der Waals surface area contributed by atoms with E-state index in [0.29, 0.717) is 13.2 Å². The van der Waals surface area contributed by atoms with Gasteiger partial charge in [0.05, 0.1) is 13.2 Å². The van der Waals surface area contributed by atoms with Gasteiger partial charge in [-0.05, 0) is 22.8 Å². The van der Waals surface area contributed by atoms with E-state index in [1.54, 1.807) is 14.2 Å². The summed E-state index contributed by atoms with van der Waals surface area (Å²) in [6.07, 6.45) is 0.945. The minimum Gasteiger partial charge on any atom is -0.382 e. The fourth-order valence-electron chi connectivity index (χ4n) is 2.69. The first-order valence-electron chi connectivity index (χ1n) is 9.40. The molecule has 5 nitrogen and oxygen atoms in total. The molecule has 0 atom stereocenters. The van der Waals surface area contributed by atoms with Crippen LogP contribution in [0.5, 0.6) is 0 Å². The maximum absolute atomic E-state index is 5.45. The van der Waals surface area contributed by atoms with Gasteiger partial charge in [-0.2, -0.15) is 11.8 Å².